The van der Waals surface area contributed by atoms with Gasteiger partial charge in [0.25, 0.3) is 5.91 Å². The minimum absolute atomic E-state index is 0.0158. The van der Waals surface area contributed by atoms with Crippen LogP contribution in [0.4, 0.5) is 0 Å². The third-order valence-corrected chi connectivity index (χ3v) is 3.81. The van der Waals surface area contributed by atoms with Crippen LogP contribution in [-0.2, 0) is 11.3 Å². The summed E-state index contributed by atoms with van der Waals surface area (Å²) in [5.74, 6) is 0.607. The minimum atomic E-state index is -0.0318. The maximum Gasteiger partial charge on any atom is 0.260 e. The zero-order valence-electron chi connectivity index (χ0n) is 14.1. The molecule has 0 unspecified atom stereocenters. The van der Waals surface area contributed by atoms with Crippen molar-refractivity contribution in [2.24, 2.45) is 0 Å². The zero-order chi connectivity index (χ0) is 17.4. The van der Waals surface area contributed by atoms with Gasteiger partial charge in [0, 0.05) is 24.7 Å². The second-order valence-corrected chi connectivity index (χ2v) is 6.28. The lowest BCUT2D eigenvalue weighted by Gasteiger charge is -2.24. The molecule has 0 radical (unpaired) electrons. The number of rotatable bonds is 8. The molecule has 0 atom stereocenters. The number of nitrogens with zero attached hydrogens (tertiary/aromatic N) is 2. The van der Waals surface area contributed by atoms with Crippen molar-refractivity contribution in [1.82, 2.24) is 9.80 Å². The van der Waals surface area contributed by atoms with Crippen molar-refractivity contribution in [3.05, 3.63) is 65.2 Å². The summed E-state index contributed by atoms with van der Waals surface area (Å²) in [6.07, 6.45) is 0. The molecule has 2 aromatic carbocycles. The van der Waals surface area contributed by atoms with Crippen LogP contribution < -0.4 is 4.74 Å². The Labute approximate surface area is 148 Å². The number of ether oxygens (including phenoxy) is 1. The summed E-state index contributed by atoms with van der Waals surface area (Å²) >= 11 is 5.85. The number of halogens is 1. The number of carbonyl (C=O) groups is 1. The predicted octanol–water partition coefficient (Wildman–Crippen LogP) is 3.31. The Balaban J connectivity index is 1.96. The van der Waals surface area contributed by atoms with Gasteiger partial charge in [-0.05, 0) is 43.9 Å². The number of hydrogen-bond acceptors (Lipinski definition) is 3. The molecule has 0 saturated heterocycles. The van der Waals surface area contributed by atoms with Crippen LogP contribution >= 0.6 is 11.6 Å². The number of amides is 1. The van der Waals surface area contributed by atoms with Crippen molar-refractivity contribution in [3.63, 3.8) is 0 Å². The van der Waals surface area contributed by atoms with Gasteiger partial charge in [-0.1, -0.05) is 41.9 Å². The zero-order valence-corrected chi connectivity index (χ0v) is 14.9. The summed E-state index contributed by atoms with van der Waals surface area (Å²) in [6.45, 7) is 2.06. The topological polar surface area (TPSA) is 32.8 Å². The number of benzene rings is 2. The van der Waals surface area contributed by atoms with Gasteiger partial charge in [0.15, 0.2) is 6.61 Å². The van der Waals surface area contributed by atoms with Crippen LogP contribution in [0.3, 0.4) is 0 Å². The smallest absolute Gasteiger partial charge is 0.260 e. The van der Waals surface area contributed by atoms with Crippen molar-refractivity contribution in [1.29, 1.82) is 0 Å². The molecule has 0 N–H and O–H groups in total. The van der Waals surface area contributed by atoms with Gasteiger partial charge in [0.05, 0.1) is 0 Å². The fraction of sp³-hybridized carbons (Fsp3) is 0.316. The fourth-order valence-electron chi connectivity index (χ4n) is 2.18. The fourth-order valence-corrected chi connectivity index (χ4v) is 2.31. The van der Waals surface area contributed by atoms with E-state index in [0.29, 0.717) is 23.9 Å². The van der Waals surface area contributed by atoms with Crippen LogP contribution in [0.1, 0.15) is 5.56 Å². The molecule has 0 saturated carbocycles. The normalized spacial score (nSPS) is 10.7. The molecule has 4 nitrogen and oxygen atoms in total. The lowest BCUT2D eigenvalue weighted by atomic mass is 10.2. The standard InChI is InChI=1S/C19H23ClN2O2/c1-21(2)12-13-22(14-16-6-4-3-5-7-16)19(23)15-24-18-10-8-17(20)9-11-18/h3-11H,12-15H2,1-2H3. The molecule has 0 aliphatic heterocycles. The van der Waals surface area contributed by atoms with Crippen molar-refractivity contribution in [2.45, 2.75) is 6.54 Å². The van der Waals surface area contributed by atoms with Gasteiger partial charge in [-0.25, -0.2) is 0 Å². The van der Waals surface area contributed by atoms with Crippen molar-refractivity contribution >= 4 is 17.5 Å². The molecule has 0 heterocycles. The molecule has 0 bridgehead atoms. The van der Waals surface area contributed by atoms with Gasteiger partial charge >= 0.3 is 0 Å². The number of hydrogen-bond donors (Lipinski definition) is 0. The molecule has 2 aromatic rings. The van der Waals surface area contributed by atoms with E-state index >= 15 is 0 Å². The van der Waals surface area contributed by atoms with Crippen LogP contribution in [0, 0.1) is 0 Å². The van der Waals surface area contributed by atoms with Gasteiger partial charge in [-0.3, -0.25) is 4.79 Å². The van der Waals surface area contributed by atoms with Crippen molar-refractivity contribution in [2.75, 3.05) is 33.8 Å². The highest BCUT2D eigenvalue weighted by molar-refractivity contribution is 6.30. The summed E-state index contributed by atoms with van der Waals surface area (Å²) in [6, 6.07) is 17.0. The van der Waals surface area contributed by atoms with E-state index in [9.17, 15) is 4.79 Å². The molecule has 0 aromatic heterocycles. The van der Waals surface area contributed by atoms with Gasteiger partial charge in [-0.2, -0.15) is 0 Å². The van der Waals surface area contributed by atoms with E-state index in [1.54, 1.807) is 24.3 Å². The third kappa shape index (κ3) is 6.22. The summed E-state index contributed by atoms with van der Waals surface area (Å²) in [5, 5.41) is 0.644. The van der Waals surface area contributed by atoms with E-state index in [0.717, 1.165) is 12.1 Å². The minimum Gasteiger partial charge on any atom is -0.484 e. The van der Waals surface area contributed by atoms with E-state index < -0.39 is 0 Å². The summed E-state index contributed by atoms with van der Waals surface area (Å²) < 4.78 is 5.58. The average Bonchev–Trinajstić information content (AvgIpc) is 2.58. The third-order valence-electron chi connectivity index (χ3n) is 3.56. The highest BCUT2D eigenvalue weighted by atomic mass is 35.5. The Hall–Kier alpha value is -2.04. The van der Waals surface area contributed by atoms with E-state index in [-0.39, 0.29) is 12.5 Å². The first-order valence-corrected chi connectivity index (χ1v) is 8.27. The lowest BCUT2D eigenvalue weighted by molar-refractivity contribution is -0.134. The van der Waals surface area contributed by atoms with Crippen LogP contribution in [0.5, 0.6) is 5.75 Å². The second kappa shape index (κ2) is 9.30. The van der Waals surface area contributed by atoms with E-state index in [1.165, 1.54) is 0 Å². The second-order valence-electron chi connectivity index (χ2n) is 5.85. The van der Waals surface area contributed by atoms with Crippen molar-refractivity contribution in [3.8, 4) is 5.75 Å². The molecule has 2 rings (SSSR count). The van der Waals surface area contributed by atoms with Gasteiger partial charge in [-0.15, -0.1) is 0 Å². The largest absolute Gasteiger partial charge is 0.484 e. The van der Waals surface area contributed by atoms with E-state index in [4.69, 9.17) is 16.3 Å². The maximum absolute atomic E-state index is 12.6. The first-order valence-electron chi connectivity index (χ1n) is 7.89. The first-order chi connectivity index (χ1) is 11.5. The summed E-state index contributed by atoms with van der Waals surface area (Å²) in [7, 11) is 3.99. The highest BCUT2D eigenvalue weighted by Gasteiger charge is 2.15. The maximum atomic E-state index is 12.6. The molecule has 0 aliphatic rings. The van der Waals surface area contributed by atoms with Crippen LogP contribution in [0.2, 0.25) is 5.02 Å². The molecular formula is C19H23ClN2O2. The van der Waals surface area contributed by atoms with E-state index in [2.05, 4.69) is 4.90 Å². The monoisotopic (exact) mass is 346 g/mol. The van der Waals surface area contributed by atoms with Crippen LogP contribution in [0.25, 0.3) is 0 Å². The highest BCUT2D eigenvalue weighted by Crippen LogP contribution is 2.15. The average molecular weight is 347 g/mol. The first kappa shape index (κ1) is 18.3. The molecular weight excluding hydrogens is 324 g/mol. The summed E-state index contributed by atoms with van der Waals surface area (Å²) in [5.41, 5.74) is 1.11. The Morgan fingerprint density at radius 3 is 2.29 bits per heavy atom. The number of carbonyl (C=O) groups excluding carboxylic acids is 1. The van der Waals surface area contributed by atoms with E-state index in [1.807, 2.05) is 49.3 Å². The lowest BCUT2D eigenvalue weighted by Crippen LogP contribution is -2.38. The molecule has 0 aliphatic carbocycles. The molecule has 1 amide bonds. The molecule has 5 heteroatoms. The summed E-state index contributed by atoms with van der Waals surface area (Å²) in [4.78, 5) is 16.4. The van der Waals surface area contributed by atoms with Crippen molar-refractivity contribution < 1.29 is 9.53 Å². The SMILES string of the molecule is CN(C)CCN(Cc1ccccc1)C(=O)COc1ccc(Cl)cc1. The van der Waals surface area contributed by atoms with Crippen LogP contribution in [-0.4, -0.2) is 49.5 Å². The Bertz CT molecular complexity index is 630. The Morgan fingerprint density at radius 2 is 1.67 bits per heavy atom. The van der Waals surface area contributed by atoms with Crippen LogP contribution in [0.15, 0.2) is 54.6 Å². The quantitative estimate of drug-likeness (QED) is 0.735. The Kier molecular flexibility index (Phi) is 7.09. The molecule has 0 fully saturated rings. The molecule has 128 valence electrons. The predicted molar refractivity (Wildman–Crippen MR) is 97.4 cm³/mol. The number of likely N-dealkylation sites (N-methyl/N-ethyl adjacent to an activating group) is 1. The molecule has 24 heavy (non-hydrogen) atoms. The van der Waals surface area contributed by atoms with Gasteiger partial charge in [0.2, 0.25) is 0 Å². The van der Waals surface area contributed by atoms with Gasteiger partial charge < -0.3 is 14.5 Å². The Morgan fingerprint density at radius 1 is 1.00 bits per heavy atom. The van der Waals surface area contributed by atoms with Gasteiger partial charge in [0.1, 0.15) is 5.75 Å². The molecule has 0 spiro atoms.